The maximum atomic E-state index is 15.6. The number of hydrogen-bond donors (Lipinski definition) is 21. The summed E-state index contributed by atoms with van der Waals surface area (Å²) in [6.45, 7) is 4.49. The van der Waals surface area contributed by atoms with Gasteiger partial charge in [-0.2, -0.15) is 11.8 Å². The number of nitrogens with one attached hydrogen (secondary N) is 14. The van der Waals surface area contributed by atoms with Crippen LogP contribution in [0.3, 0.4) is 0 Å². The Morgan fingerprint density at radius 1 is 0.590 bits per heavy atom. The second-order valence-electron chi connectivity index (χ2n) is 28.9. The van der Waals surface area contributed by atoms with E-state index in [4.69, 9.17) is 28.7 Å². The molecule has 0 spiro atoms. The molecule has 1 aliphatic rings. The Morgan fingerprint density at radius 2 is 1.20 bits per heavy atom. The molecule has 0 aliphatic carbocycles. The number of nitrogens with two attached hydrogens (primary N) is 5. The highest BCUT2D eigenvalue weighted by Gasteiger charge is 2.42. The van der Waals surface area contributed by atoms with Crippen molar-refractivity contribution < 1.29 is 91.7 Å². The van der Waals surface area contributed by atoms with E-state index in [1.807, 2.05) is 12.1 Å². The zero-order chi connectivity index (χ0) is 86.1. The number of aliphatic hydroxyl groups excluding tert-OH is 1. The highest BCUT2D eigenvalue weighted by molar-refractivity contribution is 7.99. The lowest BCUT2D eigenvalue weighted by atomic mass is 9.91. The smallest absolute Gasteiger partial charge is 0.246 e. The number of aryl methyl sites for hydroxylation is 1. The fraction of sp³-hybridized carbons (Fsp3) is 0.474. The maximum absolute atomic E-state index is 15.6. The molecule has 12 atom stereocenters. The average molecular weight is 1650 g/mol. The number of carbonyl (C=O) groups is 17. The first kappa shape index (κ1) is 93.6. The number of thioether (sulfide) groups is 1. The number of para-hydroxylation sites is 1. The number of primary amides is 4. The number of unbranched alkanes of at least 4 members (excludes halogenated alkanes) is 2. The van der Waals surface area contributed by atoms with Crippen LogP contribution >= 0.6 is 11.8 Å². The summed E-state index contributed by atoms with van der Waals surface area (Å²) in [5, 5.41) is 56.9. The first-order valence-electron chi connectivity index (χ1n) is 38.3. The number of H-pyrrole nitrogens is 1. The summed E-state index contributed by atoms with van der Waals surface area (Å²) in [6.07, 6.45) is -3.59. The minimum atomic E-state index is -2.00. The van der Waals surface area contributed by atoms with E-state index in [2.05, 4.69) is 74.1 Å². The van der Waals surface area contributed by atoms with E-state index in [9.17, 15) is 67.7 Å². The summed E-state index contributed by atoms with van der Waals surface area (Å²) in [5.74, 6) is -17.1. The molecule has 0 radical (unpaired) electrons. The van der Waals surface area contributed by atoms with Gasteiger partial charge in [-0.3, -0.25) is 81.5 Å². The van der Waals surface area contributed by atoms with Crippen molar-refractivity contribution in [1.29, 1.82) is 0 Å². The number of carbonyl (C=O) groups excluding carboxylic acids is 17. The van der Waals surface area contributed by atoms with E-state index in [0.29, 0.717) is 39.4 Å². The number of aromatic hydroxyl groups is 1. The zero-order valence-corrected chi connectivity index (χ0v) is 66.4. The summed E-state index contributed by atoms with van der Waals surface area (Å²) in [7, 11) is 0. The van der Waals surface area contributed by atoms with Gasteiger partial charge in [-0.05, 0) is 142 Å². The number of fused-ring (bicyclic) bond motifs is 2. The van der Waals surface area contributed by atoms with Gasteiger partial charge < -0.3 is 113 Å². The Hall–Kier alpha value is -12.3. The molecule has 117 heavy (non-hydrogen) atoms. The number of amides is 17. The summed E-state index contributed by atoms with van der Waals surface area (Å²) in [4.78, 5) is 239. The molecule has 2 heterocycles. The van der Waals surface area contributed by atoms with Crippen LogP contribution in [0.25, 0.3) is 21.7 Å². The molecule has 1 aliphatic heterocycles. The average Bonchev–Trinajstić information content (AvgIpc) is 1.81. The van der Waals surface area contributed by atoms with Crippen molar-refractivity contribution >= 4 is 134 Å². The minimum Gasteiger partial charge on any atom is -0.508 e. The third-order valence-electron chi connectivity index (χ3n) is 19.2. The Labute approximate surface area is 678 Å². The monoisotopic (exact) mass is 1650 g/mol. The largest absolute Gasteiger partial charge is 0.508 e. The molecule has 4 aromatic carbocycles. The first-order chi connectivity index (χ1) is 55.5. The fourth-order valence-electron chi connectivity index (χ4n) is 12.8. The summed E-state index contributed by atoms with van der Waals surface area (Å²) in [5.41, 5.74) is 27.8. The van der Waals surface area contributed by atoms with Gasteiger partial charge in [0, 0.05) is 68.9 Å². The highest BCUT2D eigenvalue weighted by atomic mass is 32.2. The molecule has 0 saturated carbocycles. The van der Waals surface area contributed by atoms with Crippen LogP contribution in [0, 0.1) is 0 Å². The number of rotatable bonds is 39. The van der Waals surface area contributed by atoms with Crippen LogP contribution in [0.15, 0.2) is 97.2 Å². The van der Waals surface area contributed by atoms with Crippen LogP contribution in [-0.4, -0.2) is 219 Å². The molecule has 39 heteroatoms. The topological polar surface area (TPSA) is 633 Å². The van der Waals surface area contributed by atoms with Gasteiger partial charge in [0.1, 0.15) is 71.7 Å². The van der Waals surface area contributed by atoms with E-state index in [1.165, 1.54) is 26.0 Å². The first-order valence-corrected chi connectivity index (χ1v) is 39.4. The second-order valence-corrected chi connectivity index (χ2v) is 30.0. The van der Waals surface area contributed by atoms with E-state index >= 15 is 24.0 Å². The normalized spacial score (nSPS) is 18.9. The summed E-state index contributed by atoms with van der Waals surface area (Å²) < 4.78 is 0. The molecule has 5 aromatic rings. The molecular weight excluding hydrogens is 1540 g/mol. The summed E-state index contributed by atoms with van der Waals surface area (Å²) >= 11 is 0.927. The zero-order valence-electron chi connectivity index (χ0n) is 65.6. The number of hydrogen-bond acceptors (Lipinski definition) is 21. The van der Waals surface area contributed by atoms with Crippen molar-refractivity contribution in [2.75, 3.05) is 31.1 Å². The van der Waals surface area contributed by atoms with Crippen LogP contribution in [-0.2, 0) is 101 Å². The second kappa shape index (κ2) is 46.3. The quantitative estimate of drug-likeness (QED) is 0.0168. The number of phenolic OH excluding ortho intramolecular Hbond substituents is 1. The third kappa shape index (κ3) is 31.1. The van der Waals surface area contributed by atoms with Gasteiger partial charge in [0.2, 0.25) is 100 Å². The Kier molecular flexibility index (Phi) is 37.1. The van der Waals surface area contributed by atoms with Crippen molar-refractivity contribution in [3.8, 4) is 5.75 Å². The molecular formula is C78H107N19O19S. The molecule has 1 fully saturated rings. The van der Waals surface area contributed by atoms with Crippen LogP contribution in [0.4, 0.5) is 0 Å². The molecule has 38 nitrogen and oxygen atoms in total. The molecule has 1 aromatic heterocycles. The van der Waals surface area contributed by atoms with E-state index in [0.717, 1.165) is 31.0 Å². The van der Waals surface area contributed by atoms with Gasteiger partial charge >= 0.3 is 0 Å². The predicted octanol–water partition coefficient (Wildman–Crippen LogP) is -3.85. The lowest BCUT2D eigenvalue weighted by molar-refractivity contribution is -0.138. The number of phenols is 1. The lowest BCUT2D eigenvalue weighted by Crippen LogP contribution is -2.64. The number of aliphatic hydroxyl groups is 1. The van der Waals surface area contributed by atoms with E-state index < -0.39 is 211 Å². The third-order valence-corrected chi connectivity index (χ3v) is 20.3. The minimum absolute atomic E-state index is 0.0260. The molecule has 634 valence electrons. The molecule has 1 saturated heterocycles. The van der Waals surface area contributed by atoms with Crippen molar-refractivity contribution in [2.24, 2.45) is 28.7 Å². The molecule has 26 N–H and O–H groups in total. The van der Waals surface area contributed by atoms with Gasteiger partial charge in [-0.15, -0.1) is 0 Å². The number of benzene rings is 4. The predicted molar refractivity (Wildman–Crippen MR) is 430 cm³/mol. The van der Waals surface area contributed by atoms with Crippen molar-refractivity contribution in [3.63, 3.8) is 0 Å². The number of aromatic amines is 1. The van der Waals surface area contributed by atoms with Crippen molar-refractivity contribution in [1.82, 2.24) is 74.1 Å². The maximum Gasteiger partial charge on any atom is 0.246 e. The van der Waals surface area contributed by atoms with Crippen LogP contribution in [0.5, 0.6) is 5.75 Å². The van der Waals surface area contributed by atoms with Crippen molar-refractivity contribution in [3.05, 3.63) is 114 Å². The van der Waals surface area contributed by atoms with Gasteiger partial charge in [0.25, 0.3) is 0 Å². The Balaban J connectivity index is 1.44. The summed E-state index contributed by atoms with van der Waals surface area (Å²) in [6, 6.07) is 8.42. The lowest BCUT2D eigenvalue weighted by Gasteiger charge is -2.34. The van der Waals surface area contributed by atoms with Crippen LogP contribution in [0.1, 0.15) is 128 Å². The Bertz CT molecular complexity index is 4390. The molecule has 0 unspecified atom stereocenters. The molecule has 17 amide bonds. The fourth-order valence-corrected chi connectivity index (χ4v) is 13.8. The van der Waals surface area contributed by atoms with Gasteiger partial charge in [0.05, 0.1) is 19.1 Å². The van der Waals surface area contributed by atoms with E-state index in [1.54, 1.807) is 72.9 Å². The van der Waals surface area contributed by atoms with Crippen LogP contribution < -0.4 is 97.8 Å². The molecule has 0 bridgehead atoms. The van der Waals surface area contributed by atoms with E-state index in [-0.39, 0.29) is 94.7 Å². The number of aromatic nitrogens is 1. The SMILES string of the molecule is CC(=O)NCCCC[C@H](NC(=O)[C@](C)(CCCCN)NC(=O)[C@H](Cc1ccc2ccccc2c1)NC(=O)[C@H](CCc1ccc(O)cc1)NC(=O)[C@@H]1CSCC[C@H](NC(C)=O)C(=O)N[C@@H](CCC(N)=O)C(=O)N[C@@H]([C@@H](C)O)C(=O)N[C@@H](Cc2c[nH]c3ccccc23)C(=O)N[C@@H](CCC(N)=O)C(=O)N1)C(=O)N[C@@H](CC(N)=O)C(=O)NCC(N)=O. The van der Waals surface area contributed by atoms with Crippen molar-refractivity contribution in [2.45, 2.75) is 202 Å². The molecule has 6 rings (SSSR count). The standard InChI is InChI=1S/C78H107N19O19S/c1-42(98)66-76(115)93-59(37-49-39-85-52-16-8-7-15-51(49)52)73(112)89-55(26-28-62(80)102)70(109)94-61(41-117-34-30-57(87-44(3)100)71(110)88-56(72(111)96-66)27-29-63(81)103)74(113)90-54(25-21-45-19-23-50(101)24-20-45)69(108)91-58(36-46-18-22-47-13-5-6-14-48(47)35-46)75(114)97-78(4,31-10-11-32-79)77(116)95-53(17-9-12-33-84-43(2)99)68(107)92-60(38-64(82)104)67(106)86-40-65(83)105/h5-8,13-16,18-20,22-24,35,39,42,53-61,66,85,98,101H,9-12,17,21,25-34,36-38,40-41,79H2,1-4H3,(H2,80,102)(H2,81,103)(H2,82,104)(H2,83,105)(H,84,99)(H,86,106)(H,87,100)(H,88,110)(H,89,112)(H,90,113)(H,91,108)(H,92,107)(H,93,115)(H,94,109)(H,95,116)(H,96,111)(H,97,114)/t42-,53+,54+,55+,56+,57+,58+,59+,60+,61+,66+,78+/m1/s1. The van der Waals surface area contributed by atoms with Gasteiger partial charge in [0.15, 0.2) is 0 Å². The van der Waals surface area contributed by atoms with Gasteiger partial charge in [-0.1, -0.05) is 72.8 Å². The highest BCUT2D eigenvalue weighted by Crippen LogP contribution is 2.24. The van der Waals surface area contributed by atoms with Gasteiger partial charge in [-0.25, -0.2) is 0 Å². The van der Waals surface area contributed by atoms with Crippen LogP contribution in [0.2, 0.25) is 0 Å². The Morgan fingerprint density at radius 3 is 1.83 bits per heavy atom.